The van der Waals surface area contributed by atoms with Crippen molar-refractivity contribution in [3.05, 3.63) is 59.7 Å². The summed E-state index contributed by atoms with van der Waals surface area (Å²) in [4.78, 5) is 2.51. The molecule has 0 aliphatic heterocycles. The van der Waals surface area contributed by atoms with Gasteiger partial charge in [-0.25, -0.2) is 13.1 Å². The van der Waals surface area contributed by atoms with Gasteiger partial charge >= 0.3 is 0 Å². The van der Waals surface area contributed by atoms with Gasteiger partial charge in [0.05, 0.1) is 12.0 Å². The highest BCUT2D eigenvalue weighted by atomic mass is 32.2. The summed E-state index contributed by atoms with van der Waals surface area (Å²) in [5.41, 5.74) is 2.06. The van der Waals surface area contributed by atoms with E-state index in [4.69, 9.17) is 4.74 Å². The van der Waals surface area contributed by atoms with Crippen LogP contribution in [0.25, 0.3) is 0 Å². The van der Waals surface area contributed by atoms with E-state index in [1.807, 2.05) is 31.2 Å². The van der Waals surface area contributed by atoms with Crippen LogP contribution in [0.5, 0.6) is 5.75 Å². The molecule has 0 aliphatic carbocycles. The molecule has 0 fully saturated rings. The molecule has 0 radical (unpaired) electrons. The molecule has 142 valence electrons. The van der Waals surface area contributed by atoms with Gasteiger partial charge in [0.1, 0.15) is 5.75 Å². The molecule has 1 atom stereocenters. The number of hydrogen-bond acceptors (Lipinski definition) is 4. The van der Waals surface area contributed by atoms with Gasteiger partial charge in [-0.2, -0.15) is 0 Å². The highest BCUT2D eigenvalue weighted by Crippen LogP contribution is 2.24. The Balaban J connectivity index is 2.25. The maximum Gasteiger partial charge on any atom is 0.240 e. The standard InChI is InChI=1S/C20H28N2O3S/c1-5-22(6-2)20(17-8-7-9-18(14-17)25-4)15-21-26(23,24)19-12-10-16(3)11-13-19/h7-14,20-21H,5-6,15H2,1-4H3. The fourth-order valence-electron chi connectivity index (χ4n) is 2.96. The number of likely N-dealkylation sites (N-methyl/N-ethyl adjacent to an activating group) is 1. The van der Waals surface area contributed by atoms with Gasteiger partial charge in [0.2, 0.25) is 10.0 Å². The summed E-state index contributed by atoms with van der Waals surface area (Å²) in [6, 6.07) is 14.6. The number of aryl methyl sites for hydroxylation is 1. The van der Waals surface area contributed by atoms with Crippen molar-refractivity contribution in [1.29, 1.82) is 0 Å². The maximum atomic E-state index is 12.6. The van der Waals surface area contributed by atoms with Crippen LogP contribution < -0.4 is 9.46 Å². The smallest absolute Gasteiger partial charge is 0.240 e. The first-order valence-corrected chi connectivity index (χ1v) is 10.3. The lowest BCUT2D eigenvalue weighted by molar-refractivity contribution is 0.219. The first kappa shape index (κ1) is 20.4. The summed E-state index contributed by atoms with van der Waals surface area (Å²) < 4.78 is 33.4. The van der Waals surface area contributed by atoms with E-state index < -0.39 is 10.0 Å². The molecule has 2 aromatic carbocycles. The van der Waals surface area contributed by atoms with Crippen LogP contribution in [0.2, 0.25) is 0 Å². The van der Waals surface area contributed by atoms with Gasteiger partial charge in [0.15, 0.2) is 0 Å². The topological polar surface area (TPSA) is 58.6 Å². The minimum atomic E-state index is -3.55. The number of rotatable bonds is 9. The quantitative estimate of drug-likeness (QED) is 0.729. The van der Waals surface area contributed by atoms with Crippen molar-refractivity contribution in [3.63, 3.8) is 0 Å². The summed E-state index contributed by atoms with van der Waals surface area (Å²) in [7, 11) is -1.92. The van der Waals surface area contributed by atoms with Crippen LogP contribution in [0.15, 0.2) is 53.4 Å². The van der Waals surface area contributed by atoms with Gasteiger partial charge in [-0.15, -0.1) is 0 Å². The summed E-state index contributed by atoms with van der Waals surface area (Å²) in [5, 5.41) is 0. The zero-order valence-corrected chi connectivity index (χ0v) is 16.7. The number of benzene rings is 2. The Morgan fingerprint density at radius 3 is 2.31 bits per heavy atom. The molecule has 0 spiro atoms. The molecule has 26 heavy (non-hydrogen) atoms. The Bertz CT molecular complexity index is 800. The Kier molecular flexibility index (Phi) is 7.20. The molecule has 0 bridgehead atoms. The lowest BCUT2D eigenvalue weighted by atomic mass is 10.0. The van der Waals surface area contributed by atoms with E-state index in [9.17, 15) is 8.42 Å². The van der Waals surface area contributed by atoms with Gasteiger partial charge in [-0.3, -0.25) is 4.90 Å². The number of ether oxygens (including phenoxy) is 1. The molecule has 6 heteroatoms. The zero-order chi connectivity index (χ0) is 19.2. The number of hydrogen-bond donors (Lipinski definition) is 1. The predicted molar refractivity (Wildman–Crippen MR) is 105 cm³/mol. The first-order valence-electron chi connectivity index (χ1n) is 8.85. The van der Waals surface area contributed by atoms with E-state index in [-0.39, 0.29) is 10.9 Å². The predicted octanol–water partition coefficient (Wildman–Crippen LogP) is 3.37. The van der Waals surface area contributed by atoms with Crippen molar-refractivity contribution in [1.82, 2.24) is 9.62 Å². The molecule has 2 aromatic rings. The molecule has 0 saturated heterocycles. The van der Waals surface area contributed by atoms with Crippen LogP contribution in [0, 0.1) is 6.92 Å². The normalized spacial score (nSPS) is 13.0. The van der Waals surface area contributed by atoms with Crippen molar-refractivity contribution in [2.24, 2.45) is 0 Å². The highest BCUT2D eigenvalue weighted by Gasteiger charge is 2.22. The molecule has 1 N–H and O–H groups in total. The number of methoxy groups -OCH3 is 1. The van der Waals surface area contributed by atoms with Gasteiger partial charge in [0, 0.05) is 12.6 Å². The summed E-state index contributed by atoms with van der Waals surface area (Å²) in [6.07, 6.45) is 0. The van der Waals surface area contributed by atoms with E-state index in [1.54, 1.807) is 31.4 Å². The van der Waals surface area contributed by atoms with Crippen LogP contribution in [0.4, 0.5) is 0 Å². The zero-order valence-electron chi connectivity index (χ0n) is 15.9. The summed E-state index contributed by atoms with van der Waals surface area (Å²) in [5.74, 6) is 0.765. The highest BCUT2D eigenvalue weighted by molar-refractivity contribution is 7.89. The lowest BCUT2D eigenvalue weighted by Gasteiger charge is -2.30. The Morgan fingerprint density at radius 2 is 1.73 bits per heavy atom. The van der Waals surface area contributed by atoms with Gasteiger partial charge < -0.3 is 4.74 Å². The summed E-state index contributed by atoms with van der Waals surface area (Å²) >= 11 is 0. The second-order valence-corrected chi connectivity index (χ2v) is 7.95. The third-order valence-corrected chi connectivity index (χ3v) is 5.97. The van der Waals surface area contributed by atoms with Crippen LogP contribution in [0.3, 0.4) is 0 Å². The first-order chi connectivity index (χ1) is 12.4. The fourth-order valence-corrected chi connectivity index (χ4v) is 4.00. The lowest BCUT2D eigenvalue weighted by Crippen LogP contribution is -2.38. The van der Waals surface area contributed by atoms with Gasteiger partial charge in [-0.05, 0) is 49.8 Å². The molecule has 1 unspecified atom stereocenters. The fraction of sp³-hybridized carbons (Fsp3) is 0.400. The van der Waals surface area contributed by atoms with E-state index in [1.165, 1.54) is 0 Å². The Morgan fingerprint density at radius 1 is 1.08 bits per heavy atom. The molecule has 0 aliphatic rings. The van der Waals surface area contributed by atoms with Gasteiger partial charge in [-0.1, -0.05) is 43.7 Å². The third kappa shape index (κ3) is 5.06. The second-order valence-electron chi connectivity index (χ2n) is 6.18. The van der Waals surface area contributed by atoms with Crippen molar-refractivity contribution < 1.29 is 13.2 Å². The molecule has 0 saturated carbocycles. The van der Waals surface area contributed by atoms with Crippen LogP contribution in [0.1, 0.15) is 31.0 Å². The van der Waals surface area contributed by atoms with Crippen molar-refractivity contribution in [2.75, 3.05) is 26.7 Å². The molecular weight excluding hydrogens is 348 g/mol. The van der Waals surface area contributed by atoms with Crippen molar-refractivity contribution >= 4 is 10.0 Å². The van der Waals surface area contributed by atoms with Crippen LogP contribution in [-0.2, 0) is 10.0 Å². The molecule has 2 rings (SSSR count). The Labute approximate surface area is 157 Å². The molecule has 5 nitrogen and oxygen atoms in total. The number of nitrogens with zero attached hydrogens (tertiary/aromatic N) is 1. The molecule has 0 aromatic heterocycles. The van der Waals surface area contributed by atoms with Crippen LogP contribution >= 0.6 is 0 Å². The van der Waals surface area contributed by atoms with Gasteiger partial charge in [0.25, 0.3) is 0 Å². The average molecular weight is 377 g/mol. The number of nitrogens with one attached hydrogen (secondary N) is 1. The minimum absolute atomic E-state index is 0.0691. The summed E-state index contributed by atoms with van der Waals surface area (Å²) in [6.45, 7) is 8.03. The molecule has 0 amide bonds. The van der Waals surface area contributed by atoms with Crippen molar-refractivity contribution in [2.45, 2.75) is 31.7 Å². The third-order valence-electron chi connectivity index (χ3n) is 4.53. The largest absolute Gasteiger partial charge is 0.497 e. The second kappa shape index (κ2) is 9.16. The average Bonchev–Trinajstić information content (AvgIpc) is 2.65. The van der Waals surface area contributed by atoms with E-state index >= 15 is 0 Å². The molecule has 0 heterocycles. The minimum Gasteiger partial charge on any atom is -0.497 e. The maximum absolute atomic E-state index is 12.6. The van der Waals surface area contributed by atoms with E-state index in [0.29, 0.717) is 6.54 Å². The van der Waals surface area contributed by atoms with E-state index in [2.05, 4.69) is 23.5 Å². The van der Waals surface area contributed by atoms with Crippen LogP contribution in [-0.4, -0.2) is 40.1 Å². The van der Waals surface area contributed by atoms with Crippen molar-refractivity contribution in [3.8, 4) is 5.75 Å². The SMILES string of the molecule is CCN(CC)C(CNS(=O)(=O)c1ccc(C)cc1)c1cccc(OC)c1. The molecular formula is C20H28N2O3S. The number of sulfonamides is 1. The Hall–Kier alpha value is -1.89. The van der Waals surface area contributed by atoms with E-state index in [0.717, 1.165) is 30.0 Å². The monoisotopic (exact) mass is 376 g/mol.